The van der Waals surface area contributed by atoms with Crippen molar-refractivity contribution in [1.29, 1.82) is 0 Å². The fourth-order valence-electron chi connectivity index (χ4n) is 1.74. The molecule has 1 heterocycles. The monoisotopic (exact) mass is 251 g/mol. The lowest BCUT2D eigenvalue weighted by atomic mass is 10.2. The van der Waals surface area contributed by atoms with E-state index in [-0.39, 0.29) is 0 Å². The van der Waals surface area contributed by atoms with Gasteiger partial charge in [-0.1, -0.05) is 6.92 Å². The van der Waals surface area contributed by atoms with Crippen LogP contribution in [-0.2, 0) is 13.0 Å². The Labute approximate surface area is 110 Å². The van der Waals surface area contributed by atoms with E-state index in [2.05, 4.69) is 42.3 Å². The number of nitrogens with one attached hydrogen (secondary N) is 1. The van der Waals surface area contributed by atoms with Crippen LogP contribution in [0.5, 0.6) is 5.88 Å². The summed E-state index contributed by atoms with van der Waals surface area (Å²) in [6, 6.07) is 4.15. The molecular weight excluding hydrogens is 226 g/mol. The fourth-order valence-corrected chi connectivity index (χ4v) is 1.74. The highest BCUT2D eigenvalue weighted by Gasteiger charge is 2.02. The average Bonchev–Trinajstić information content (AvgIpc) is 2.34. The van der Waals surface area contributed by atoms with E-state index in [1.165, 1.54) is 5.56 Å². The number of hydrogen-bond donors (Lipinski definition) is 1. The van der Waals surface area contributed by atoms with E-state index in [1.807, 2.05) is 13.1 Å². The summed E-state index contributed by atoms with van der Waals surface area (Å²) >= 11 is 0. The molecule has 18 heavy (non-hydrogen) atoms. The van der Waals surface area contributed by atoms with Crippen molar-refractivity contribution in [2.45, 2.75) is 26.3 Å². The second-order valence-electron chi connectivity index (χ2n) is 4.69. The summed E-state index contributed by atoms with van der Waals surface area (Å²) in [5, 5.41) is 3.15. The number of ether oxygens (including phenoxy) is 1. The summed E-state index contributed by atoms with van der Waals surface area (Å²) in [5.41, 5.74) is 2.32. The van der Waals surface area contributed by atoms with Gasteiger partial charge in [0.05, 0.1) is 6.61 Å². The van der Waals surface area contributed by atoms with Gasteiger partial charge in [0.15, 0.2) is 0 Å². The molecule has 0 fully saturated rings. The zero-order valence-electron chi connectivity index (χ0n) is 12.0. The lowest BCUT2D eigenvalue weighted by Gasteiger charge is -2.11. The molecule has 0 aliphatic heterocycles. The molecule has 1 N–H and O–H groups in total. The number of aromatic nitrogens is 1. The molecule has 0 spiro atoms. The third kappa shape index (κ3) is 5.47. The van der Waals surface area contributed by atoms with Crippen LogP contribution in [0, 0.1) is 0 Å². The van der Waals surface area contributed by atoms with Crippen LogP contribution in [0.3, 0.4) is 0 Å². The second kappa shape index (κ2) is 8.06. The minimum Gasteiger partial charge on any atom is -0.478 e. The summed E-state index contributed by atoms with van der Waals surface area (Å²) in [5.74, 6) is 0.748. The van der Waals surface area contributed by atoms with Crippen molar-refractivity contribution >= 4 is 0 Å². The molecule has 4 nitrogen and oxygen atoms in total. The van der Waals surface area contributed by atoms with Gasteiger partial charge >= 0.3 is 0 Å². The standard InChI is InChI=1S/C14H25N3O/c1-5-13-9-12(11-15-2)10-14(16-13)18-8-6-7-17(3)4/h9-10,15H,5-8,11H2,1-4H3. The van der Waals surface area contributed by atoms with Gasteiger partial charge in [0.2, 0.25) is 5.88 Å². The first kappa shape index (κ1) is 14.9. The van der Waals surface area contributed by atoms with E-state index in [0.29, 0.717) is 0 Å². The molecule has 0 aromatic carbocycles. The molecule has 1 aromatic rings. The van der Waals surface area contributed by atoms with E-state index < -0.39 is 0 Å². The van der Waals surface area contributed by atoms with Crippen molar-refractivity contribution < 1.29 is 4.74 Å². The summed E-state index contributed by atoms with van der Waals surface area (Å²) in [7, 11) is 6.09. The van der Waals surface area contributed by atoms with E-state index in [1.54, 1.807) is 0 Å². The second-order valence-corrected chi connectivity index (χ2v) is 4.69. The summed E-state index contributed by atoms with van der Waals surface area (Å²) in [6.45, 7) is 4.72. The Bertz CT molecular complexity index is 353. The highest BCUT2D eigenvalue weighted by Crippen LogP contribution is 2.13. The van der Waals surface area contributed by atoms with Gasteiger partial charge in [0.25, 0.3) is 0 Å². The number of aryl methyl sites for hydroxylation is 1. The van der Waals surface area contributed by atoms with Crippen LogP contribution in [0.4, 0.5) is 0 Å². The first-order valence-electron chi connectivity index (χ1n) is 6.57. The topological polar surface area (TPSA) is 37.4 Å². The molecule has 0 unspecified atom stereocenters. The number of nitrogens with zero attached hydrogens (tertiary/aromatic N) is 2. The van der Waals surface area contributed by atoms with Gasteiger partial charge in [-0.15, -0.1) is 0 Å². The Balaban J connectivity index is 2.55. The number of pyridine rings is 1. The molecule has 0 radical (unpaired) electrons. The maximum absolute atomic E-state index is 5.72. The Morgan fingerprint density at radius 3 is 2.72 bits per heavy atom. The van der Waals surface area contributed by atoms with Crippen LogP contribution < -0.4 is 10.1 Å². The van der Waals surface area contributed by atoms with Gasteiger partial charge in [0.1, 0.15) is 0 Å². The van der Waals surface area contributed by atoms with Gasteiger partial charge in [-0.25, -0.2) is 4.98 Å². The third-order valence-electron chi connectivity index (χ3n) is 2.66. The number of hydrogen-bond acceptors (Lipinski definition) is 4. The van der Waals surface area contributed by atoms with Gasteiger partial charge in [-0.05, 0) is 45.6 Å². The quantitative estimate of drug-likeness (QED) is 0.714. The SMILES string of the molecule is CCc1cc(CNC)cc(OCCCN(C)C)n1. The molecule has 0 aliphatic carbocycles. The zero-order valence-corrected chi connectivity index (χ0v) is 12.0. The normalized spacial score (nSPS) is 10.9. The van der Waals surface area contributed by atoms with Gasteiger partial charge in [-0.2, -0.15) is 0 Å². The Morgan fingerprint density at radius 2 is 2.11 bits per heavy atom. The molecule has 0 bridgehead atoms. The van der Waals surface area contributed by atoms with Gasteiger partial charge < -0.3 is 15.0 Å². The average molecular weight is 251 g/mol. The summed E-state index contributed by atoms with van der Waals surface area (Å²) in [4.78, 5) is 6.65. The van der Waals surface area contributed by atoms with E-state index in [4.69, 9.17) is 4.74 Å². The zero-order chi connectivity index (χ0) is 13.4. The molecule has 1 aromatic heterocycles. The Hall–Kier alpha value is -1.13. The van der Waals surface area contributed by atoms with Crippen LogP contribution in [0.2, 0.25) is 0 Å². The predicted molar refractivity (Wildman–Crippen MR) is 75.0 cm³/mol. The molecule has 4 heteroatoms. The molecule has 1 rings (SSSR count). The first-order chi connectivity index (χ1) is 8.65. The maximum atomic E-state index is 5.72. The van der Waals surface area contributed by atoms with Crippen LogP contribution >= 0.6 is 0 Å². The fraction of sp³-hybridized carbons (Fsp3) is 0.643. The third-order valence-corrected chi connectivity index (χ3v) is 2.66. The van der Waals surface area contributed by atoms with E-state index >= 15 is 0 Å². The van der Waals surface area contributed by atoms with E-state index in [9.17, 15) is 0 Å². The van der Waals surface area contributed by atoms with Crippen molar-refractivity contribution in [3.63, 3.8) is 0 Å². The number of rotatable bonds is 8. The highest BCUT2D eigenvalue weighted by molar-refractivity contribution is 5.25. The molecule has 102 valence electrons. The molecule has 0 saturated carbocycles. The Kier molecular flexibility index (Phi) is 6.68. The largest absolute Gasteiger partial charge is 0.478 e. The molecule has 0 saturated heterocycles. The lowest BCUT2D eigenvalue weighted by molar-refractivity contribution is 0.272. The predicted octanol–water partition coefficient (Wildman–Crippen LogP) is 1.69. The van der Waals surface area contributed by atoms with Crippen molar-refractivity contribution in [2.24, 2.45) is 0 Å². The summed E-state index contributed by atoms with van der Waals surface area (Å²) < 4.78 is 5.72. The van der Waals surface area contributed by atoms with Crippen molar-refractivity contribution in [3.05, 3.63) is 23.4 Å². The van der Waals surface area contributed by atoms with Crippen molar-refractivity contribution in [1.82, 2.24) is 15.2 Å². The molecule has 0 aliphatic rings. The molecule has 0 amide bonds. The summed E-state index contributed by atoms with van der Waals surface area (Å²) in [6.07, 6.45) is 1.96. The Morgan fingerprint density at radius 1 is 1.33 bits per heavy atom. The van der Waals surface area contributed by atoms with Crippen LogP contribution in [0.15, 0.2) is 12.1 Å². The van der Waals surface area contributed by atoms with Crippen LogP contribution in [0.25, 0.3) is 0 Å². The molecular formula is C14H25N3O. The minimum absolute atomic E-state index is 0.720. The highest BCUT2D eigenvalue weighted by atomic mass is 16.5. The van der Waals surface area contributed by atoms with Gasteiger partial charge in [0, 0.05) is 24.8 Å². The minimum atomic E-state index is 0.720. The van der Waals surface area contributed by atoms with Gasteiger partial charge in [-0.3, -0.25) is 0 Å². The smallest absolute Gasteiger partial charge is 0.213 e. The van der Waals surface area contributed by atoms with E-state index in [0.717, 1.165) is 44.1 Å². The molecule has 0 atom stereocenters. The van der Waals surface area contributed by atoms with Crippen LogP contribution in [0.1, 0.15) is 24.6 Å². The van der Waals surface area contributed by atoms with Crippen molar-refractivity contribution in [2.75, 3.05) is 34.3 Å². The first-order valence-corrected chi connectivity index (χ1v) is 6.57. The lowest BCUT2D eigenvalue weighted by Crippen LogP contribution is -2.16. The van der Waals surface area contributed by atoms with Crippen LogP contribution in [-0.4, -0.2) is 44.2 Å². The maximum Gasteiger partial charge on any atom is 0.213 e. The van der Waals surface area contributed by atoms with Crippen molar-refractivity contribution in [3.8, 4) is 5.88 Å².